The highest BCUT2D eigenvalue weighted by atomic mass is 19.4. The molecule has 128 valence electrons. The van der Waals surface area contributed by atoms with E-state index in [1.165, 1.54) is 10.5 Å². The van der Waals surface area contributed by atoms with Gasteiger partial charge in [0.15, 0.2) is 5.96 Å². The van der Waals surface area contributed by atoms with Crippen LogP contribution < -0.4 is 10.6 Å². The van der Waals surface area contributed by atoms with E-state index in [4.69, 9.17) is 0 Å². The number of hydrogen-bond donors (Lipinski definition) is 2. The number of rotatable bonds is 4. The maximum atomic E-state index is 12.4. The predicted molar refractivity (Wildman–Crippen MR) is 85.4 cm³/mol. The van der Waals surface area contributed by atoms with Crippen LogP contribution >= 0.6 is 0 Å². The summed E-state index contributed by atoms with van der Waals surface area (Å²) in [6.45, 7) is 2.64. The Kier molecular flexibility index (Phi) is 5.87. The lowest BCUT2D eigenvalue weighted by Gasteiger charge is -2.19. The third kappa shape index (κ3) is 6.09. The number of guanidine groups is 1. The van der Waals surface area contributed by atoms with Crippen molar-refractivity contribution in [1.29, 1.82) is 0 Å². The van der Waals surface area contributed by atoms with Gasteiger partial charge < -0.3 is 10.6 Å². The average molecular weight is 328 g/mol. The minimum Gasteiger partial charge on any atom is -0.352 e. The van der Waals surface area contributed by atoms with E-state index < -0.39 is 12.7 Å². The molecule has 1 atom stereocenters. The molecule has 23 heavy (non-hydrogen) atoms. The Labute approximate surface area is 134 Å². The smallest absolute Gasteiger partial charge is 0.352 e. The van der Waals surface area contributed by atoms with Crippen LogP contribution in [0.15, 0.2) is 29.3 Å². The second-order valence-corrected chi connectivity index (χ2v) is 5.89. The van der Waals surface area contributed by atoms with Gasteiger partial charge in [-0.3, -0.25) is 9.89 Å². The SMILES string of the molecule is CN=C(NCc1ccc(C)cc1)NC1CCN(CC(F)(F)F)C1. The van der Waals surface area contributed by atoms with Crippen molar-refractivity contribution in [3.63, 3.8) is 0 Å². The summed E-state index contributed by atoms with van der Waals surface area (Å²) < 4.78 is 37.2. The standard InChI is InChI=1S/C16H23F3N4/c1-12-3-5-13(6-4-12)9-21-15(20-2)22-14-7-8-23(10-14)11-16(17,18)19/h3-6,14H,7-11H2,1-2H3,(H2,20,21,22). The Morgan fingerprint density at radius 2 is 2.00 bits per heavy atom. The van der Waals surface area contributed by atoms with E-state index in [0.29, 0.717) is 32.0 Å². The van der Waals surface area contributed by atoms with Gasteiger partial charge in [-0.1, -0.05) is 29.8 Å². The first-order chi connectivity index (χ1) is 10.9. The molecule has 1 aromatic carbocycles. The van der Waals surface area contributed by atoms with Gasteiger partial charge in [0.05, 0.1) is 6.54 Å². The molecule has 7 heteroatoms. The molecule has 1 heterocycles. The molecule has 0 saturated carbocycles. The molecule has 0 radical (unpaired) electrons. The van der Waals surface area contributed by atoms with Crippen LogP contribution in [-0.2, 0) is 6.54 Å². The molecule has 0 amide bonds. The van der Waals surface area contributed by atoms with Crippen molar-refractivity contribution < 1.29 is 13.2 Å². The van der Waals surface area contributed by atoms with Gasteiger partial charge in [0.2, 0.25) is 0 Å². The first-order valence-corrected chi connectivity index (χ1v) is 7.67. The second kappa shape index (κ2) is 7.68. The van der Waals surface area contributed by atoms with E-state index in [9.17, 15) is 13.2 Å². The number of nitrogens with one attached hydrogen (secondary N) is 2. The normalized spacial score (nSPS) is 19.9. The molecule has 2 N–H and O–H groups in total. The molecular formula is C16H23F3N4. The molecular weight excluding hydrogens is 305 g/mol. The Balaban J connectivity index is 1.78. The lowest BCUT2D eigenvalue weighted by molar-refractivity contribution is -0.143. The maximum absolute atomic E-state index is 12.4. The molecule has 1 saturated heterocycles. The predicted octanol–water partition coefficient (Wildman–Crippen LogP) is 2.30. The first-order valence-electron chi connectivity index (χ1n) is 7.67. The molecule has 0 bridgehead atoms. The molecule has 1 aliphatic heterocycles. The number of halogens is 3. The van der Waals surface area contributed by atoms with Crippen LogP contribution in [0.1, 0.15) is 17.5 Å². The van der Waals surface area contributed by atoms with Crippen molar-refractivity contribution in [1.82, 2.24) is 15.5 Å². The van der Waals surface area contributed by atoms with Gasteiger partial charge in [-0.15, -0.1) is 0 Å². The van der Waals surface area contributed by atoms with Gasteiger partial charge >= 0.3 is 6.18 Å². The van der Waals surface area contributed by atoms with Crippen LogP contribution in [0.4, 0.5) is 13.2 Å². The fourth-order valence-electron chi connectivity index (χ4n) is 2.63. The lowest BCUT2D eigenvalue weighted by atomic mass is 10.1. The van der Waals surface area contributed by atoms with Gasteiger partial charge in [0, 0.05) is 32.7 Å². The Hall–Kier alpha value is -1.76. The molecule has 2 rings (SSSR count). The molecule has 1 fully saturated rings. The Morgan fingerprint density at radius 3 is 2.61 bits per heavy atom. The van der Waals surface area contributed by atoms with Crippen molar-refractivity contribution in [2.75, 3.05) is 26.7 Å². The van der Waals surface area contributed by atoms with Gasteiger partial charge in [-0.2, -0.15) is 13.2 Å². The maximum Gasteiger partial charge on any atom is 0.401 e. The number of likely N-dealkylation sites (tertiary alicyclic amines) is 1. The van der Waals surface area contributed by atoms with Crippen molar-refractivity contribution in [3.8, 4) is 0 Å². The van der Waals surface area contributed by atoms with Gasteiger partial charge in [0.25, 0.3) is 0 Å². The zero-order valence-corrected chi connectivity index (χ0v) is 13.5. The monoisotopic (exact) mass is 328 g/mol. The van der Waals surface area contributed by atoms with Crippen LogP contribution in [0.2, 0.25) is 0 Å². The summed E-state index contributed by atoms with van der Waals surface area (Å²) in [6, 6.07) is 8.15. The largest absolute Gasteiger partial charge is 0.401 e. The second-order valence-electron chi connectivity index (χ2n) is 5.89. The highest BCUT2D eigenvalue weighted by Crippen LogP contribution is 2.19. The third-order valence-corrected chi connectivity index (χ3v) is 3.82. The molecule has 0 spiro atoms. The molecule has 0 aromatic heterocycles. The van der Waals surface area contributed by atoms with E-state index in [0.717, 1.165) is 5.56 Å². The average Bonchev–Trinajstić information content (AvgIpc) is 2.90. The van der Waals surface area contributed by atoms with E-state index in [1.807, 2.05) is 31.2 Å². The number of benzene rings is 1. The van der Waals surface area contributed by atoms with E-state index >= 15 is 0 Å². The van der Waals surface area contributed by atoms with Crippen LogP contribution in [0.3, 0.4) is 0 Å². The summed E-state index contributed by atoms with van der Waals surface area (Å²) in [7, 11) is 1.66. The topological polar surface area (TPSA) is 39.7 Å². The van der Waals surface area contributed by atoms with E-state index in [-0.39, 0.29) is 6.04 Å². The fourth-order valence-corrected chi connectivity index (χ4v) is 2.63. The van der Waals surface area contributed by atoms with Gasteiger partial charge in [-0.25, -0.2) is 0 Å². The Morgan fingerprint density at radius 1 is 1.30 bits per heavy atom. The van der Waals surface area contributed by atoms with Crippen molar-refractivity contribution in [3.05, 3.63) is 35.4 Å². The molecule has 0 aliphatic carbocycles. The third-order valence-electron chi connectivity index (χ3n) is 3.82. The summed E-state index contributed by atoms with van der Waals surface area (Å²) >= 11 is 0. The number of aliphatic imine (C=N–C) groups is 1. The minimum absolute atomic E-state index is 0.0124. The first kappa shape index (κ1) is 17.6. The minimum atomic E-state index is -4.14. The zero-order chi connectivity index (χ0) is 16.9. The molecule has 1 unspecified atom stereocenters. The van der Waals surface area contributed by atoms with Crippen LogP contribution in [0.25, 0.3) is 0 Å². The van der Waals surface area contributed by atoms with E-state index in [1.54, 1.807) is 7.05 Å². The molecule has 1 aliphatic rings. The van der Waals surface area contributed by atoms with Gasteiger partial charge in [0.1, 0.15) is 0 Å². The summed E-state index contributed by atoms with van der Waals surface area (Å²) in [6.07, 6.45) is -3.46. The van der Waals surface area contributed by atoms with Crippen molar-refractivity contribution in [2.45, 2.75) is 32.1 Å². The van der Waals surface area contributed by atoms with Crippen molar-refractivity contribution in [2.24, 2.45) is 4.99 Å². The van der Waals surface area contributed by atoms with Crippen LogP contribution in [0, 0.1) is 6.92 Å². The van der Waals surface area contributed by atoms with Crippen LogP contribution in [0.5, 0.6) is 0 Å². The highest BCUT2D eigenvalue weighted by molar-refractivity contribution is 5.80. The zero-order valence-electron chi connectivity index (χ0n) is 13.5. The number of hydrogen-bond acceptors (Lipinski definition) is 2. The quantitative estimate of drug-likeness (QED) is 0.658. The lowest BCUT2D eigenvalue weighted by Crippen LogP contribution is -2.44. The molecule has 1 aromatic rings. The number of alkyl halides is 3. The summed E-state index contributed by atoms with van der Waals surface area (Å²) in [5.74, 6) is 0.615. The summed E-state index contributed by atoms with van der Waals surface area (Å²) in [5.41, 5.74) is 2.33. The van der Waals surface area contributed by atoms with Crippen molar-refractivity contribution >= 4 is 5.96 Å². The van der Waals surface area contributed by atoms with Gasteiger partial charge in [-0.05, 0) is 18.9 Å². The Bertz CT molecular complexity index is 525. The van der Waals surface area contributed by atoms with Crippen LogP contribution in [-0.4, -0.2) is 49.8 Å². The fraction of sp³-hybridized carbons (Fsp3) is 0.562. The number of nitrogens with zero attached hydrogens (tertiary/aromatic N) is 2. The molecule has 4 nitrogen and oxygen atoms in total. The number of aryl methyl sites for hydroxylation is 1. The summed E-state index contributed by atoms with van der Waals surface area (Å²) in [5, 5.41) is 6.39. The summed E-state index contributed by atoms with van der Waals surface area (Å²) in [4.78, 5) is 5.56. The van der Waals surface area contributed by atoms with E-state index in [2.05, 4.69) is 15.6 Å². The highest BCUT2D eigenvalue weighted by Gasteiger charge is 2.34.